The molecule has 0 aliphatic carbocycles. The predicted molar refractivity (Wildman–Crippen MR) is 50.9 cm³/mol. The monoisotopic (exact) mass is 158 g/mol. The summed E-state index contributed by atoms with van der Waals surface area (Å²) in [5.74, 6) is 0. The van der Waals surface area contributed by atoms with Crippen LogP contribution in [-0.2, 0) is 0 Å². The van der Waals surface area contributed by atoms with Crippen LogP contribution in [0.2, 0.25) is 0 Å². The lowest BCUT2D eigenvalue weighted by atomic mass is 10.2. The standard InChI is InChI=1S/C9H22N2/c1-4-7-11-9(2)6-5-8-10-3/h9-11H,4-8H2,1-3H3. The highest BCUT2D eigenvalue weighted by atomic mass is 14.9. The summed E-state index contributed by atoms with van der Waals surface area (Å²) in [6.45, 7) is 6.75. The van der Waals surface area contributed by atoms with Crippen LogP contribution < -0.4 is 10.6 Å². The van der Waals surface area contributed by atoms with E-state index in [0.717, 1.165) is 13.1 Å². The highest BCUT2D eigenvalue weighted by molar-refractivity contribution is 4.60. The molecule has 0 amide bonds. The number of hydrogen-bond donors (Lipinski definition) is 2. The minimum atomic E-state index is 0.684. The number of nitrogens with one attached hydrogen (secondary N) is 2. The smallest absolute Gasteiger partial charge is 0.00391 e. The summed E-state index contributed by atoms with van der Waals surface area (Å²) >= 11 is 0. The largest absolute Gasteiger partial charge is 0.320 e. The summed E-state index contributed by atoms with van der Waals surface area (Å²) in [6, 6.07) is 0.684. The molecule has 0 heterocycles. The molecule has 0 aromatic carbocycles. The van der Waals surface area contributed by atoms with Gasteiger partial charge in [-0.1, -0.05) is 6.92 Å². The van der Waals surface area contributed by atoms with Crippen LogP contribution in [0.4, 0.5) is 0 Å². The average Bonchev–Trinajstić information content (AvgIpc) is 2.01. The van der Waals surface area contributed by atoms with Crippen molar-refractivity contribution >= 4 is 0 Å². The lowest BCUT2D eigenvalue weighted by Crippen LogP contribution is -2.27. The zero-order valence-electron chi connectivity index (χ0n) is 8.11. The molecule has 0 aliphatic rings. The minimum absolute atomic E-state index is 0.684. The first-order valence-electron chi connectivity index (χ1n) is 4.69. The molecule has 68 valence electrons. The van der Waals surface area contributed by atoms with Crippen LogP contribution in [0.1, 0.15) is 33.1 Å². The number of hydrogen-bond acceptors (Lipinski definition) is 2. The van der Waals surface area contributed by atoms with Gasteiger partial charge in [0, 0.05) is 6.04 Å². The average molecular weight is 158 g/mol. The highest BCUT2D eigenvalue weighted by Crippen LogP contribution is 1.94. The molecule has 0 fully saturated rings. The van der Waals surface area contributed by atoms with Gasteiger partial charge in [-0.05, 0) is 46.3 Å². The first-order valence-corrected chi connectivity index (χ1v) is 4.69. The third kappa shape index (κ3) is 7.82. The van der Waals surface area contributed by atoms with Crippen molar-refractivity contribution in [3.63, 3.8) is 0 Å². The van der Waals surface area contributed by atoms with E-state index in [1.807, 2.05) is 7.05 Å². The molecule has 2 N–H and O–H groups in total. The second-order valence-electron chi connectivity index (χ2n) is 3.10. The molecule has 0 rings (SSSR count). The Balaban J connectivity index is 3.02. The van der Waals surface area contributed by atoms with E-state index in [1.165, 1.54) is 19.3 Å². The summed E-state index contributed by atoms with van der Waals surface area (Å²) in [6.07, 6.45) is 3.78. The Hall–Kier alpha value is -0.0800. The SMILES string of the molecule is CCCNC(C)CCCNC. The summed E-state index contributed by atoms with van der Waals surface area (Å²) in [7, 11) is 2.00. The van der Waals surface area contributed by atoms with Crippen molar-refractivity contribution in [2.45, 2.75) is 39.2 Å². The lowest BCUT2D eigenvalue weighted by Gasteiger charge is -2.12. The minimum Gasteiger partial charge on any atom is -0.320 e. The van der Waals surface area contributed by atoms with Crippen molar-refractivity contribution in [2.75, 3.05) is 20.1 Å². The normalized spacial score (nSPS) is 13.4. The van der Waals surface area contributed by atoms with Gasteiger partial charge in [-0.3, -0.25) is 0 Å². The Kier molecular flexibility index (Phi) is 7.96. The summed E-state index contributed by atoms with van der Waals surface area (Å²) < 4.78 is 0. The fourth-order valence-electron chi connectivity index (χ4n) is 1.08. The molecule has 0 radical (unpaired) electrons. The third-order valence-electron chi connectivity index (χ3n) is 1.81. The van der Waals surface area contributed by atoms with Gasteiger partial charge < -0.3 is 10.6 Å². The van der Waals surface area contributed by atoms with E-state index in [1.54, 1.807) is 0 Å². The molecule has 0 aromatic rings. The van der Waals surface area contributed by atoms with Gasteiger partial charge in [0.2, 0.25) is 0 Å². The van der Waals surface area contributed by atoms with Crippen molar-refractivity contribution in [2.24, 2.45) is 0 Å². The molecule has 0 spiro atoms. The fourth-order valence-corrected chi connectivity index (χ4v) is 1.08. The molecule has 1 atom stereocenters. The van der Waals surface area contributed by atoms with E-state index < -0.39 is 0 Å². The second-order valence-corrected chi connectivity index (χ2v) is 3.10. The molecule has 0 saturated heterocycles. The Morgan fingerprint density at radius 3 is 2.55 bits per heavy atom. The third-order valence-corrected chi connectivity index (χ3v) is 1.81. The van der Waals surface area contributed by atoms with Gasteiger partial charge in [0.1, 0.15) is 0 Å². The Morgan fingerprint density at radius 2 is 2.00 bits per heavy atom. The maximum absolute atomic E-state index is 3.46. The Labute approximate surface area is 70.8 Å². The predicted octanol–water partition coefficient (Wildman–Crippen LogP) is 1.37. The van der Waals surface area contributed by atoms with Gasteiger partial charge >= 0.3 is 0 Å². The van der Waals surface area contributed by atoms with Crippen LogP contribution >= 0.6 is 0 Å². The topological polar surface area (TPSA) is 24.1 Å². The second kappa shape index (κ2) is 8.02. The number of rotatable bonds is 7. The molecule has 11 heavy (non-hydrogen) atoms. The van der Waals surface area contributed by atoms with E-state index in [9.17, 15) is 0 Å². The van der Waals surface area contributed by atoms with Crippen molar-refractivity contribution in [3.8, 4) is 0 Å². The van der Waals surface area contributed by atoms with Gasteiger partial charge in [-0.15, -0.1) is 0 Å². The van der Waals surface area contributed by atoms with Crippen LogP contribution in [0.3, 0.4) is 0 Å². The van der Waals surface area contributed by atoms with Gasteiger partial charge in [0.15, 0.2) is 0 Å². The van der Waals surface area contributed by atoms with Crippen molar-refractivity contribution in [1.29, 1.82) is 0 Å². The molecule has 0 bridgehead atoms. The molecule has 1 unspecified atom stereocenters. The van der Waals surface area contributed by atoms with E-state index >= 15 is 0 Å². The van der Waals surface area contributed by atoms with Crippen LogP contribution in [-0.4, -0.2) is 26.2 Å². The van der Waals surface area contributed by atoms with E-state index in [0.29, 0.717) is 6.04 Å². The van der Waals surface area contributed by atoms with E-state index in [4.69, 9.17) is 0 Å². The summed E-state index contributed by atoms with van der Waals surface area (Å²) in [5.41, 5.74) is 0. The van der Waals surface area contributed by atoms with Gasteiger partial charge in [0.05, 0.1) is 0 Å². The summed E-state index contributed by atoms with van der Waals surface area (Å²) in [5, 5.41) is 6.61. The van der Waals surface area contributed by atoms with Crippen LogP contribution in [0.15, 0.2) is 0 Å². The zero-order valence-corrected chi connectivity index (χ0v) is 8.11. The van der Waals surface area contributed by atoms with Crippen LogP contribution in [0.25, 0.3) is 0 Å². The van der Waals surface area contributed by atoms with Crippen LogP contribution in [0, 0.1) is 0 Å². The molecule has 0 aromatic heterocycles. The fraction of sp³-hybridized carbons (Fsp3) is 1.00. The van der Waals surface area contributed by atoms with Gasteiger partial charge in [-0.25, -0.2) is 0 Å². The van der Waals surface area contributed by atoms with Gasteiger partial charge in [0.25, 0.3) is 0 Å². The maximum atomic E-state index is 3.46. The first-order chi connectivity index (χ1) is 5.31. The zero-order chi connectivity index (χ0) is 8.53. The first kappa shape index (κ1) is 10.9. The quantitative estimate of drug-likeness (QED) is 0.547. The Bertz CT molecular complexity index is 74.0. The van der Waals surface area contributed by atoms with Crippen LogP contribution in [0.5, 0.6) is 0 Å². The molecule has 0 aliphatic heterocycles. The van der Waals surface area contributed by atoms with Crippen molar-refractivity contribution < 1.29 is 0 Å². The van der Waals surface area contributed by atoms with E-state index in [2.05, 4.69) is 24.5 Å². The van der Waals surface area contributed by atoms with E-state index in [-0.39, 0.29) is 0 Å². The lowest BCUT2D eigenvalue weighted by molar-refractivity contribution is 0.493. The van der Waals surface area contributed by atoms with Crippen molar-refractivity contribution in [1.82, 2.24) is 10.6 Å². The highest BCUT2D eigenvalue weighted by Gasteiger charge is 1.97. The maximum Gasteiger partial charge on any atom is 0.00391 e. The molecule has 2 nitrogen and oxygen atoms in total. The van der Waals surface area contributed by atoms with Gasteiger partial charge in [-0.2, -0.15) is 0 Å². The molecule has 2 heteroatoms. The molecular weight excluding hydrogens is 136 g/mol. The summed E-state index contributed by atoms with van der Waals surface area (Å²) in [4.78, 5) is 0. The molecule has 0 saturated carbocycles. The Morgan fingerprint density at radius 1 is 1.27 bits per heavy atom. The molecular formula is C9H22N2. The van der Waals surface area contributed by atoms with Crippen molar-refractivity contribution in [3.05, 3.63) is 0 Å².